The normalized spacial score (nSPS) is 13.5. The fourth-order valence-corrected chi connectivity index (χ4v) is 4.33. The lowest BCUT2D eigenvalue weighted by Gasteiger charge is -2.28. The van der Waals surface area contributed by atoms with Crippen LogP contribution in [0, 0.1) is 13.8 Å². The van der Waals surface area contributed by atoms with Crippen molar-refractivity contribution in [2.75, 3.05) is 6.54 Å². The summed E-state index contributed by atoms with van der Waals surface area (Å²) in [6.45, 7) is 5.33. The van der Waals surface area contributed by atoms with Crippen molar-refractivity contribution in [2.45, 2.75) is 33.2 Å². The lowest BCUT2D eigenvalue weighted by Crippen LogP contribution is -2.37. The molecule has 0 spiro atoms. The molecule has 0 N–H and O–H groups in total. The molecule has 0 saturated carbocycles. The molecule has 6 heteroatoms. The van der Waals surface area contributed by atoms with E-state index in [2.05, 4.69) is 53.7 Å². The maximum atomic E-state index is 13.3. The predicted molar refractivity (Wildman–Crippen MR) is 122 cm³/mol. The van der Waals surface area contributed by atoms with Crippen molar-refractivity contribution in [2.24, 2.45) is 0 Å². The standard InChI is InChI=1S/C25H23ClN4O/c1-16-3-6-18(7-4-16)25-21(30-14-17(2)5-10-23(30)28-25)13-24(31)29-12-11-20-19(15-29)8-9-22(26)27-20/h3-10,14H,11-13,15H2,1-2H3. The number of benzene rings is 1. The summed E-state index contributed by atoms with van der Waals surface area (Å²) in [7, 11) is 0. The van der Waals surface area contributed by atoms with Crippen LogP contribution in [0.5, 0.6) is 0 Å². The molecule has 3 aromatic heterocycles. The molecule has 0 fully saturated rings. The third-order valence-electron chi connectivity index (χ3n) is 5.88. The predicted octanol–water partition coefficient (Wildman–Crippen LogP) is 4.79. The highest BCUT2D eigenvalue weighted by Gasteiger charge is 2.24. The Bertz CT molecular complexity index is 1290. The molecule has 5 nitrogen and oxygen atoms in total. The number of fused-ring (bicyclic) bond motifs is 2. The average Bonchev–Trinajstić information content (AvgIpc) is 3.11. The topological polar surface area (TPSA) is 50.5 Å². The Hall–Kier alpha value is -3.18. The monoisotopic (exact) mass is 430 g/mol. The minimum Gasteiger partial charge on any atom is -0.338 e. The Kier molecular flexibility index (Phi) is 4.98. The maximum absolute atomic E-state index is 13.3. The lowest BCUT2D eigenvalue weighted by molar-refractivity contribution is -0.131. The highest BCUT2D eigenvalue weighted by Crippen LogP contribution is 2.27. The number of hydrogen-bond donors (Lipinski definition) is 0. The number of aromatic nitrogens is 3. The number of imidazole rings is 1. The average molecular weight is 431 g/mol. The Labute approximate surface area is 186 Å². The van der Waals surface area contributed by atoms with E-state index < -0.39 is 0 Å². The number of amides is 1. The van der Waals surface area contributed by atoms with E-state index in [0.29, 0.717) is 24.7 Å². The Morgan fingerprint density at radius 3 is 2.58 bits per heavy atom. The van der Waals surface area contributed by atoms with Crippen molar-refractivity contribution in [1.82, 2.24) is 19.3 Å². The van der Waals surface area contributed by atoms with Crippen LogP contribution in [-0.2, 0) is 24.2 Å². The van der Waals surface area contributed by atoms with E-state index in [9.17, 15) is 4.79 Å². The highest BCUT2D eigenvalue weighted by molar-refractivity contribution is 6.29. The molecule has 0 saturated heterocycles. The molecule has 0 aliphatic carbocycles. The van der Waals surface area contributed by atoms with Crippen LogP contribution in [0.3, 0.4) is 0 Å². The molecular formula is C25H23ClN4O. The van der Waals surface area contributed by atoms with Crippen molar-refractivity contribution in [3.8, 4) is 11.3 Å². The van der Waals surface area contributed by atoms with Crippen LogP contribution in [0.25, 0.3) is 16.9 Å². The van der Waals surface area contributed by atoms with Crippen molar-refractivity contribution < 1.29 is 4.79 Å². The van der Waals surface area contributed by atoms with Gasteiger partial charge in [-0.05, 0) is 37.1 Å². The van der Waals surface area contributed by atoms with Gasteiger partial charge in [-0.3, -0.25) is 4.79 Å². The van der Waals surface area contributed by atoms with Crippen molar-refractivity contribution in [3.63, 3.8) is 0 Å². The van der Waals surface area contributed by atoms with Gasteiger partial charge in [0.05, 0.1) is 17.8 Å². The fourth-order valence-electron chi connectivity index (χ4n) is 4.17. The zero-order valence-corrected chi connectivity index (χ0v) is 18.4. The number of rotatable bonds is 3. The number of carbonyl (C=O) groups is 1. The number of hydrogen-bond acceptors (Lipinski definition) is 3. The van der Waals surface area contributed by atoms with Crippen LogP contribution >= 0.6 is 11.6 Å². The quantitative estimate of drug-likeness (QED) is 0.439. The lowest BCUT2D eigenvalue weighted by atomic mass is 10.0. The first kappa shape index (κ1) is 19.8. The molecule has 156 valence electrons. The number of carbonyl (C=O) groups excluding carboxylic acids is 1. The van der Waals surface area contributed by atoms with E-state index in [0.717, 1.165) is 45.8 Å². The van der Waals surface area contributed by atoms with Gasteiger partial charge in [0.15, 0.2) is 0 Å². The van der Waals surface area contributed by atoms with Gasteiger partial charge < -0.3 is 9.30 Å². The van der Waals surface area contributed by atoms with Gasteiger partial charge in [-0.25, -0.2) is 9.97 Å². The molecule has 1 aliphatic rings. The minimum absolute atomic E-state index is 0.0947. The molecule has 31 heavy (non-hydrogen) atoms. The first-order valence-corrected chi connectivity index (χ1v) is 10.8. The molecule has 1 aromatic carbocycles. The van der Waals surface area contributed by atoms with Gasteiger partial charge >= 0.3 is 0 Å². The molecule has 0 radical (unpaired) electrons. The summed E-state index contributed by atoms with van der Waals surface area (Å²) in [5.74, 6) is 0.0947. The van der Waals surface area contributed by atoms with Gasteiger partial charge in [-0.1, -0.05) is 53.6 Å². The van der Waals surface area contributed by atoms with E-state index in [1.807, 2.05) is 23.1 Å². The molecule has 0 unspecified atom stereocenters. The van der Waals surface area contributed by atoms with Gasteiger partial charge in [-0.15, -0.1) is 0 Å². The van der Waals surface area contributed by atoms with Crippen molar-refractivity contribution in [3.05, 3.63) is 88.0 Å². The van der Waals surface area contributed by atoms with Crippen molar-refractivity contribution >= 4 is 23.2 Å². The van der Waals surface area contributed by atoms with Crippen molar-refractivity contribution in [1.29, 1.82) is 0 Å². The summed E-state index contributed by atoms with van der Waals surface area (Å²) in [5.41, 5.74) is 8.05. The zero-order chi connectivity index (χ0) is 21.5. The van der Waals surface area contributed by atoms with Crippen LogP contribution in [-0.4, -0.2) is 31.7 Å². The Morgan fingerprint density at radius 2 is 1.77 bits per heavy atom. The van der Waals surface area contributed by atoms with E-state index in [-0.39, 0.29) is 5.91 Å². The molecule has 4 aromatic rings. The summed E-state index contributed by atoms with van der Waals surface area (Å²) in [6, 6.07) is 16.1. The number of halogens is 1. The first-order valence-electron chi connectivity index (χ1n) is 10.4. The second-order valence-electron chi connectivity index (χ2n) is 8.19. The summed E-state index contributed by atoms with van der Waals surface area (Å²) in [6.07, 6.45) is 3.07. The molecule has 0 bridgehead atoms. The molecule has 0 atom stereocenters. The van der Waals surface area contributed by atoms with Crippen LogP contribution in [0.15, 0.2) is 54.7 Å². The summed E-state index contributed by atoms with van der Waals surface area (Å²) in [4.78, 5) is 24.5. The van der Waals surface area contributed by atoms with E-state index in [1.54, 1.807) is 6.07 Å². The molecule has 1 amide bonds. The van der Waals surface area contributed by atoms with Gasteiger partial charge in [0, 0.05) is 37.0 Å². The summed E-state index contributed by atoms with van der Waals surface area (Å²) >= 11 is 6.02. The fraction of sp³-hybridized carbons (Fsp3) is 0.240. The Morgan fingerprint density at radius 1 is 1.00 bits per heavy atom. The third-order valence-corrected chi connectivity index (χ3v) is 6.09. The SMILES string of the molecule is Cc1ccc(-c2nc3ccc(C)cn3c2CC(=O)N2CCc3nc(Cl)ccc3C2)cc1. The highest BCUT2D eigenvalue weighted by atomic mass is 35.5. The van der Waals surface area contributed by atoms with E-state index >= 15 is 0 Å². The van der Waals surface area contributed by atoms with Crippen LogP contribution in [0.4, 0.5) is 0 Å². The molecular weight excluding hydrogens is 408 g/mol. The number of pyridine rings is 2. The zero-order valence-electron chi connectivity index (χ0n) is 17.6. The first-order chi connectivity index (χ1) is 15.0. The van der Waals surface area contributed by atoms with Crippen LogP contribution in [0.2, 0.25) is 5.15 Å². The number of nitrogens with zero attached hydrogens (tertiary/aromatic N) is 4. The second kappa shape index (κ2) is 7.82. The van der Waals surface area contributed by atoms with Crippen LogP contribution < -0.4 is 0 Å². The molecule has 1 aliphatic heterocycles. The Balaban J connectivity index is 1.50. The van der Waals surface area contributed by atoms with Gasteiger partial charge in [0.1, 0.15) is 10.8 Å². The van der Waals surface area contributed by atoms with Gasteiger partial charge in [-0.2, -0.15) is 0 Å². The minimum atomic E-state index is 0.0947. The van der Waals surface area contributed by atoms with Crippen LogP contribution in [0.1, 0.15) is 28.1 Å². The molecule has 4 heterocycles. The summed E-state index contributed by atoms with van der Waals surface area (Å²) < 4.78 is 2.06. The second-order valence-corrected chi connectivity index (χ2v) is 8.58. The maximum Gasteiger partial charge on any atom is 0.228 e. The summed E-state index contributed by atoms with van der Waals surface area (Å²) in [5, 5.41) is 0.502. The largest absolute Gasteiger partial charge is 0.338 e. The third kappa shape index (κ3) is 3.81. The van der Waals surface area contributed by atoms with Gasteiger partial charge in [0.25, 0.3) is 0 Å². The smallest absolute Gasteiger partial charge is 0.228 e. The van der Waals surface area contributed by atoms with E-state index in [4.69, 9.17) is 16.6 Å². The number of aryl methyl sites for hydroxylation is 2. The molecule has 5 rings (SSSR count). The van der Waals surface area contributed by atoms with E-state index in [1.165, 1.54) is 5.56 Å². The van der Waals surface area contributed by atoms with Gasteiger partial charge in [0.2, 0.25) is 5.91 Å².